The van der Waals surface area contributed by atoms with Crippen molar-refractivity contribution in [2.75, 3.05) is 6.61 Å². The molecule has 1 fully saturated rings. The van der Waals surface area contributed by atoms with Crippen molar-refractivity contribution in [3.8, 4) is 0 Å². The van der Waals surface area contributed by atoms with Crippen molar-refractivity contribution >= 4 is 26.1 Å². The van der Waals surface area contributed by atoms with Gasteiger partial charge in [0.15, 0.2) is 0 Å². The molecule has 0 N–H and O–H groups in total. The molecule has 0 amide bonds. The van der Waals surface area contributed by atoms with E-state index in [0.717, 1.165) is 0 Å². The Morgan fingerprint density at radius 2 is 1.35 bits per heavy atom. The molecule has 1 unspecified atom stereocenters. The maximum Gasteiger partial charge on any atom is 0.140 e. The van der Waals surface area contributed by atoms with Crippen molar-refractivity contribution in [3.63, 3.8) is 0 Å². The molecule has 1 rings (SSSR count). The molecule has 120 valence electrons. The van der Waals surface area contributed by atoms with Crippen LogP contribution in [0.5, 0.6) is 0 Å². The predicted molar refractivity (Wildman–Crippen MR) is 101 cm³/mol. The summed E-state index contributed by atoms with van der Waals surface area (Å²) in [7, 11) is 0.383. The molecule has 1 aliphatic rings. The van der Waals surface area contributed by atoms with E-state index in [-0.39, 0.29) is 17.6 Å². The van der Waals surface area contributed by atoms with Crippen LogP contribution >= 0.6 is 0 Å². The van der Waals surface area contributed by atoms with Gasteiger partial charge in [-0.25, -0.2) is 0 Å². The van der Waals surface area contributed by atoms with Crippen LogP contribution < -0.4 is 0 Å². The highest BCUT2D eigenvalue weighted by atomic mass is 29.5. The van der Waals surface area contributed by atoms with Gasteiger partial charge in [-0.2, -0.15) is 0 Å². The molecule has 0 bridgehead atoms. The summed E-state index contributed by atoms with van der Waals surface area (Å²) in [6, 6.07) is 3.25. The lowest BCUT2D eigenvalue weighted by Crippen LogP contribution is -2.35. The SMILES string of the molecule is CCCCCCCCCCCCCC[SiH]1CCO[SiH2][SiH2]1. The maximum atomic E-state index is 5.65. The van der Waals surface area contributed by atoms with Gasteiger partial charge in [0.2, 0.25) is 0 Å². The Bertz CT molecular complexity index is 196. The fourth-order valence-electron chi connectivity index (χ4n) is 3.31. The van der Waals surface area contributed by atoms with Gasteiger partial charge in [0.1, 0.15) is 9.28 Å². The van der Waals surface area contributed by atoms with Crippen LogP contribution in [0.1, 0.15) is 84.0 Å². The fourth-order valence-corrected chi connectivity index (χ4v) is 21.7. The predicted octanol–water partition coefficient (Wildman–Crippen LogP) is 3.61. The van der Waals surface area contributed by atoms with E-state index in [1.165, 1.54) is 77.2 Å². The normalized spacial score (nSPS) is 21.8. The summed E-state index contributed by atoms with van der Waals surface area (Å²) in [5, 5.41) is 0. The lowest BCUT2D eigenvalue weighted by atomic mass is 10.1. The lowest BCUT2D eigenvalue weighted by Gasteiger charge is -2.19. The highest BCUT2D eigenvalue weighted by Gasteiger charge is 2.15. The highest BCUT2D eigenvalue weighted by Crippen LogP contribution is 2.14. The van der Waals surface area contributed by atoms with Crippen molar-refractivity contribution in [2.45, 2.75) is 96.1 Å². The van der Waals surface area contributed by atoms with Crippen LogP contribution in [0.3, 0.4) is 0 Å². The molecule has 0 aromatic rings. The Labute approximate surface area is 133 Å². The first-order chi connectivity index (χ1) is 9.93. The summed E-state index contributed by atoms with van der Waals surface area (Å²) >= 11 is 0. The molecular weight excluding hydrogens is 292 g/mol. The van der Waals surface area contributed by atoms with Gasteiger partial charge in [0, 0.05) is 23.5 Å². The second kappa shape index (κ2) is 14.5. The van der Waals surface area contributed by atoms with Crippen LogP contribution in [0, 0.1) is 0 Å². The van der Waals surface area contributed by atoms with Crippen LogP contribution in [0.15, 0.2) is 0 Å². The van der Waals surface area contributed by atoms with Crippen LogP contribution in [0.25, 0.3) is 0 Å². The molecule has 0 saturated carbocycles. The third-order valence-electron chi connectivity index (χ3n) is 4.81. The maximum absolute atomic E-state index is 5.65. The van der Waals surface area contributed by atoms with Gasteiger partial charge in [-0.1, -0.05) is 90.0 Å². The summed E-state index contributed by atoms with van der Waals surface area (Å²) < 4.78 is 5.65. The van der Waals surface area contributed by atoms with Gasteiger partial charge >= 0.3 is 0 Å². The Morgan fingerprint density at radius 1 is 0.800 bits per heavy atom. The Kier molecular flexibility index (Phi) is 13.6. The zero-order chi connectivity index (χ0) is 14.3. The molecular formula is C16H38OSi3. The second-order valence-corrected chi connectivity index (χ2v) is 22.6. The fraction of sp³-hybridized carbons (Fsp3) is 1.00. The van der Waals surface area contributed by atoms with Crippen LogP contribution in [0.2, 0.25) is 12.1 Å². The molecule has 1 nitrogen and oxygen atoms in total. The number of hydrogen-bond acceptors (Lipinski definition) is 1. The molecule has 1 saturated heterocycles. The van der Waals surface area contributed by atoms with Crippen molar-refractivity contribution in [2.24, 2.45) is 0 Å². The number of rotatable bonds is 13. The molecule has 1 atom stereocenters. The smallest absolute Gasteiger partial charge is 0.140 e. The largest absolute Gasteiger partial charge is 0.428 e. The van der Waals surface area contributed by atoms with E-state index >= 15 is 0 Å². The molecule has 0 spiro atoms. The first kappa shape index (κ1) is 18.7. The summed E-state index contributed by atoms with van der Waals surface area (Å²) in [6.45, 7) is 3.48. The molecule has 4 heteroatoms. The summed E-state index contributed by atoms with van der Waals surface area (Å²) in [6.07, 6.45) is 17.9. The van der Waals surface area contributed by atoms with Crippen LogP contribution in [-0.4, -0.2) is 32.8 Å². The van der Waals surface area contributed by atoms with Gasteiger partial charge < -0.3 is 4.43 Å². The number of unbranched alkanes of at least 4 members (excludes halogenated alkanes) is 11. The van der Waals surface area contributed by atoms with E-state index in [2.05, 4.69) is 6.92 Å². The summed E-state index contributed by atoms with van der Waals surface area (Å²) in [5.41, 5.74) is 0. The monoisotopic (exact) mass is 330 g/mol. The Balaban J connectivity index is 1.70. The third-order valence-corrected chi connectivity index (χ3v) is 24.7. The van der Waals surface area contributed by atoms with Gasteiger partial charge in [-0.3, -0.25) is 0 Å². The minimum atomic E-state index is -0.135. The van der Waals surface area contributed by atoms with Crippen LogP contribution in [-0.2, 0) is 4.43 Å². The van der Waals surface area contributed by atoms with Crippen LogP contribution in [0.4, 0.5) is 0 Å². The minimum Gasteiger partial charge on any atom is -0.428 e. The van der Waals surface area contributed by atoms with Crippen molar-refractivity contribution in [3.05, 3.63) is 0 Å². The summed E-state index contributed by atoms with van der Waals surface area (Å²) in [5.74, 6) is 0. The lowest BCUT2D eigenvalue weighted by molar-refractivity contribution is 0.366. The van der Waals surface area contributed by atoms with E-state index in [0.29, 0.717) is 8.55 Å². The highest BCUT2D eigenvalue weighted by molar-refractivity contribution is 7.35. The first-order valence-electron chi connectivity index (χ1n) is 9.51. The third kappa shape index (κ3) is 11.3. The topological polar surface area (TPSA) is 9.23 Å². The van der Waals surface area contributed by atoms with Crippen molar-refractivity contribution < 1.29 is 4.43 Å². The zero-order valence-corrected chi connectivity index (χ0v) is 18.0. The van der Waals surface area contributed by atoms with E-state index in [4.69, 9.17) is 4.43 Å². The standard InChI is InChI=1S/C16H38OSi3/c1-2-3-4-5-6-7-8-9-10-11-12-13-15-20-16-14-17-18-19-20/h20H,2-16,18-19H2,1H3. The van der Waals surface area contributed by atoms with Crippen molar-refractivity contribution in [1.29, 1.82) is 0 Å². The van der Waals surface area contributed by atoms with Crippen molar-refractivity contribution in [1.82, 2.24) is 0 Å². The molecule has 0 aromatic carbocycles. The average Bonchev–Trinajstić information content (AvgIpc) is 2.49. The molecule has 0 aromatic heterocycles. The molecule has 1 heterocycles. The quantitative estimate of drug-likeness (QED) is 0.370. The minimum absolute atomic E-state index is 0.1000. The Hall–Kier alpha value is 0.611. The zero-order valence-electron chi connectivity index (χ0n) is 14.0. The summed E-state index contributed by atoms with van der Waals surface area (Å²) in [4.78, 5) is 0. The number of hydrogen-bond donors (Lipinski definition) is 0. The van der Waals surface area contributed by atoms with E-state index in [9.17, 15) is 0 Å². The molecule has 0 radical (unpaired) electrons. The van der Waals surface area contributed by atoms with E-state index < -0.39 is 0 Å². The Morgan fingerprint density at radius 3 is 1.85 bits per heavy atom. The van der Waals surface area contributed by atoms with Gasteiger partial charge in [-0.05, 0) is 6.04 Å². The van der Waals surface area contributed by atoms with Gasteiger partial charge in [0.25, 0.3) is 0 Å². The molecule has 0 aliphatic carbocycles. The second-order valence-electron chi connectivity index (χ2n) is 6.73. The van der Waals surface area contributed by atoms with E-state index in [1.807, 2.05) is 0 Å². The van der Waals surface area contributed by atoms with Gasteiger partial charge in [0.05, 0.1) is 0 Å². The average molecular weight is 331 g/mol. The van der Waals surface area contributed by atoms with E-state index in [1.54, 1.807) is 18.5 Å². The molecule has 20 heavy (non-hydrogen) atoms. The van der Waals surface area contributed by atoms with Gasteiger partial charge in [-0.15, -0.1) is 0 Å². The first-order valence-corrected chi connectivity index (χ1v) is 19.0. The molecule has 1 aliphatic heterocycles.